The number of carbonyl (C=O) groups is 3. The van der Waals surface area contributed by atoms with Crippen LogP contribution in [0.1, 0.15) is 76.2 Å². The van der Waals surface area contributed by atoms with Gasteiger partial charge in [0.05, 0.1) is 42.2 Å². The molecule has 0 radical (unpaired) electrons. The first-order chi connectivity index (χ1) is 27.9. The Morgan fingerprint density at radius 1 is 0.917 bits per heavy atom. The summed E-state index contributed by atoms with van der Waals surface area (Å²) in [6.45, 7) is 8.78. The molecule has 3 aromatic rings. The Labute approximate surface area is 344 Å². The first kappa shape index (κ1) is 44.7. The average molecular weight is 866 g/mol. The number of hydrogen-bond acceptors (Lipinski definition) is 9. The number of anilines is 1. The molecule has 60 heavy (non-hydrogen) atoms. The second-order valence-electron chi connectivity index (χ2n) is 17.0. The number of benzene rings is 3. The van der Waals surface area contributed by atoms with Crippen LogP contribution in [0.25, 0.3) is 11.1 Å². The summed E-state index contributed by atoms with van der Waals surface area (Å²) in [7, 11) is -4.43. The molecule has 2 aliphatic carbocycles. The third-order valence-electron chi connectivity index (χ3n) is 11.2. The van der Waals surface area contributed by atoms with Crippen molar-refractivity contribution in [3.8, 4) is 16.9 Å². The van der Waals surface area contributed by atoms with Crippen LogP contribution in [-0.2, 0) is 35.3 Å². The van der Waals surface area contributed by atoms with Crippen molar-refractivity contribution in [2.45, 2.75) is 100 Å². The predicted octanol–water partition coefficient (Wildman–Crippen LogP) is 7.70. The molecule has 4 atom stereocenters. The lowest BCUT2D eigenvalue weighted by Gasteiger charge is -2.44. The zero-order valence-corrected chi connectivity index (χ0v) is 34.7. The van der Waals surface area contributed by atoms with Crippen LogP contribution >= 0.6 is 0 Å². The molecule has 2 saturated carbocycles. The summed E-state index contributed by atoms with van der Waals surface area (Å²) in [6.07, 6.45) is 1.57. The molecule has 18 heteroatoms. The van der Waals surface area contributed by atoms with Crippen LogP contribution < -0.4 is 20.7 Å². The molecule has 1 heterocycles. The predicted molar refractivity (Wildman–Crippen MR) is 209 cm³/mol. The van der Waals surface area contributed by atoms with Gasteiger partial charge in [0.2, 0.25) is 5.91 Å². The van der Waals surface area contributed by atoms with E-state index in [0.29, 0.717) is 19.3 Å². The fourth-order valence-electron chi connectivity index (χ4n) is 8.13. The summed E-state index contributed by atoms with van der Waals surface area (Å²) in [6, 6.07) is 9.46. The molecule has 0 unspecified atom stereocenters. The summed E-state index contributed by atoms with van der Waals surface area (Å²) < 4.78 is 118. The topological polar surface area (TPSA) is 158 Å². The maximum absolute atomic E-state index is 15.8. The standard InChI is InChI=1S/C42H48F5N3O9S/c1-39(2,3)59-38(53)50-41(21-57-40(4,5)58-22-41)15-14-23-10-11-24(17-31(23)43)29-19-30(33(56-6)20-32(29)44)36(51)49-35-26-13-12-25(16-26)34(35)37(52)48-27-8-7-9-28(18-27)60(54,55)42(45,46)47/h7-11,17-20,25-26,34-35H,12-16,21-22H2,1-6H3,(H,48,52)(H,49,51)(H,50,53)/t25-,26+,34+,35-/m1/s1. The first-order valence-corrected chi connectivity index (χ1v) is 20.9. The minimum atomic E-state index is -5.67. The monoisotopic (exact) mass is 865 g/mol. The van der Waals surface area contributed by atoms with E-state index in [1.54, 1.807) is 34.6 Å². The summed E-state index contributed by atoms with van der Waals surface area (Å²) in [4.78, 5) is 39.4. The Morgan fingerprint density at radius 3 is 2.23 bits per heavy atom. The van der Waals surface area contributed by atoms with Gasteiger partial charge in [-0.25, -0.2) is 22.0 Å². The highest BCUT2D eigenvalue weighted by Crippen LogP contribution is 2.49. The molecule has 12 nitrogen and oxygen atoms in total. The molecule has 6 rings (SSSR count). The van der Waals surface area contributed by atoms with Crippen LogP contribution in [0.4, 0.5) is 32.4 Å². The number of nitrogens with one attached hydrogen (secondary N) is 3. The molecule has 326 valence electrons. The van der Waals surface area contributed by atoms with Crippen LogP contribution in [0.5, 0.6) is 5.75 Å². The van der Waals surface area contributed by atoms with Crippen molar-refractivity contribution < 1.29 is 63.7 Å². The van der Waals surface area contributed by atoms with Crippen molar-refractivity contribution in [3.05, 3.63) is 77.4 Å². The van der Waals surface area contributed by atoms with Crippen LogP contribution in [0.3, 0.4) is 0 Å². The van der Waals surface area contributed by atoms with Crippen molar-refractivity contribution in [2.75, 3.05) is 25.6 Å². The molecular formula is C42H48F5N3O9S. The summed E-state index contributed by atoms with van der Waals surface area (Å²) in [5, 5.41) is 8.27. The maximum atomic E-state index is 15.8. The van der Waals surface area contributed by atoms with Gasteiger partial charge in [0.25, 0.3) is 15.7 Å². The number of carbonyl (C=O) groups excluding carboxylic acids is 3. The number of fused-ring (bicyclic) bond motifs is 2. The molecule has 3 aliphatic rings. The van der Waals surface area contributed by atoms with Gasteiger partial charge in [-0.2, -0.15) is 13.2 Å². The van der Waals surface area contributed by atoms with Gasteiger partial charge in [-0.1, -0.05) is 18.2 Å². The van der Waals surface area contributed by atoms with E-state index >= 15 is 8.78 Å². The molecule has 1 saturated heterocycles. The average Bonchev–Trinajstić information content (AvgIpc) is 3.76. The zero-order valence-electron chi connectivity index (χ0n) is 33.9. The molecule has 3 amide bonds. The minimum Gasteiger partial charge on any atom is -0.496 e. The second-order valence-corrected chi connectivity index (χ2v) is 19.0. The molecule has 1 aliphatic heterocycles. The van der Waals surface area contributed by atoms with E-state index < -0.39 is 78.7 Å². The summed E-state index contributed by atoms with van der Waals surface area (Å²) >= 11 is 0. The molecule has 3 N–H and O–H groups in total. The number of hydrogen-bond donors (Lipinski definition) is 3. The van der Waals surface area contributed by atoms with Gasteiger partial charge >= 0.3 is 11.6 Å². The van der Waals surface area contributed by atoms with Crippen molar-refractivity contribution in [1.29, 1.82) is 0 Å². The highest BCUT2D eigenvalue weighted by molar-refractivity contribution is 7.92. The van der Waals surface area contributed by atoms with Crippen LogP contribution in [0, 0.1) is 29.4 Å². The van der Waals surface area contributed by atoms with Crippen LogP contribution in [-0.4, -0.2) is 75.1 Å². The number of sulfone groups is 1. The van der Waals surface area contributed by atoms with E-state index in [-0.39, 0.29) is 71.6 Å². The van der Waals surface area contributed by atoms with Gasteiger partial charge < -0.3 is 34.9 Å². The molecule has 2 bridgehead atoms. The summed E-state index contributed by atoms with van der Waals surface area (Å²) in [5.41, 5.74) is -7.36. The van der Waals surface area contributed by atoms with Crippen molar-refractivity contribution in [2.24, 2.45) is 17.8 Å². The van der Waals surface area contributed by atoms with Crippen molar-refractivity contribution >= 4 is 33.4 Å². The molecule has 3 aromatic carbocycles. The summed E-state index contributed by atoms with van der Waals surface area (Å²) in [5.74, 6) is -4.95. The van der Waals surface area contributed by atoms with Gasteiger partial charge in [-0.05, 0) is 120 Å². The van der Waals surface area contributed by atoms with Crippen LogP contribution in [0.2, 0.25) is 0 Å². The van der Waals surface area contributed by atoms with Crippen molar-refractivity contribution in [1.82, 2.24) is 10.6 Å². The van der Waals surface area contributed by atoms with E-state index in [1.807, 2.05) is 0 Å². The van der Waals surface area contributed by atoms with E-state index in [9.17, 15) is 36.0 Å². The molecule has 3 fully saturated rings. The lowest BCUT2D eigenvalue weighted by Crippen LogP contribution is -2.61. The van der Waals surface area contributed by atoms with Gasteiger partial charge in [-0.3, -0.25) is 9.59 Å². The number of rotatable bonds is 11. The largest absolute Gasteiger partial charge is 0.501 e. The lowest BCUT2D eigenvalue weighted by atomic mass is 9.83. The van der Waals surface area contributed by atoms with Gasteiger partial charge in [-0.15, -0.1) is 0 Å². The highest BCUT2D eigenvalue weighted by Gasteiger charge is 2.52. The number of alkyl carbamates (subject to hydrolysis) is 1. The lowest BCUT2D eigenvalue weighted by molar-refractivity contribution is -0.271. The molecule has 0 aromatic heterocycles. The van der Waals surface area contributed by atoms with E-state index in [1.165, 1.54) is 31.4 Å². The zero-order chi connectivity index (χ0) is 44.0. The second kappa shape index (κ2) is 16.6. The van der Waals surface area contributed by atoms with E-state index in [0.717, 1.165) is 30.3 Å². The van der Waals surface area contributed by atoms with Gasteiger partial charge in [0, 0.05) is 23.4 Å². The number of ether oxygens (including phenoxy) is 4. The fraction of sp³-hybridized carbons (Fsp3) is 0.500. The number of alkyl halides is 3. The maximum Gasteiger partial charge on any atom is 0.501 e. The Morgan fingerprint density at radius 2 is 1.60 bits per heavy atom. The minimum absolute atomic E-state index is 0.0696. The molecule has 0 spiro atoms. The van der Waals surface area contributed by atoms with Gasteiger partial charge in [0.15, 0.2) is 5.79 Å². The first-order valence-electron chi connectivity index (χ1n) is 19.4. The van der Waals surface area contributed by atoms with Gasteiger partial charge in [0.1, 0.15) is 23.0 Å². The quantitative estimate of drug-likeness (QED) is 0.164. The SMILES string of the molecule is COc1cc(F)c(-c2ccc(CCC3(NC(=O)OC(C)(C)C)COC(C)(C)OC3)c(F)c2)cc1C(=O)N[C@@H]1[C@H]2CC[C@H](C2)[C@@H]1C(=O)Nc1cccc(S(=O)(=O)C(F)(F)F)c1. The van der Waals surface area contributed by atoms with E-state index in [4.69, 9.17) is 18.9 Å². The third-order valence-corrected chi connectivity index (χ3v) is 12.6. The number of halogens is 5. The Hall–Kier alpha value is -4.81. The smallest absolute Gasteiger partial charge is 0.496 e. The molecular weight excluding hydrogens is 818 g/mol. The van der Waals surface area contributed by atoms with E-state index in [2.05, 4.69) is 16.0 Å². The number of amides is 3. The normalized spacial score (nSPS) is 22.2. The fourth-order valence-corrected chi connectivity index (χ4v) is 8.93. The Kier molecular flexibility index (Phi) is 12.4. The number of aryl methyl sites for hydroxylation is 1. The Balaban J connectivity index is 1.19. The third kappa shape index (κ3) is 9.70. The number of methoxy groups -OCH3 is 1. The van der Waals surface area contributed by atoms with Crippen LogP contribution in [0.15, 0.2) is 59.5 Å². The van der Waals surface area contributed by atoms with Crippen molar-refractivity contribution in [3.63, 3.8) is 0 Å². The Bertz CT molecular complexity index is 2250. The highest BCUT2D eigenvalue weighted by atomic mass is 32.2.